The van der Waals surface area contributed by atoms with Crippen LogP contribution in [0.2, 0.25) is 10.0 Å². The summed E-state index contributed by atoms with van der Waals surface area (Å²) >= 11 is 13.7. The van der Waals surface area contributed by atoms with Crippen LogP contribution >= 0.6 is 35.0 Å². The monoisotopic (exact) mass is 404 g/mol. The lowest BCUT2D eigenvalue weighted by atomic mass is 10.1. The van der Waals surface area contributed by atoms with Gasteiger partial charge < -0.3 is 4.74 Å². The summed E-state index contributed by atoms with van der Waals surface area (Å²) in [6.45, 7) is 1.06. The van der Waals surface area contributed by atoms with E-state index in [9.17, 15) is 4.79 Å². The smallest absolute Gasteiger partial charge is 0.278 e. The van der Waals surface area contributed by atoms with E-state index in [1.54, 1.807) is 34.9 Å². The van der Waals surface area contributed by atoms with E-state index in [1.165, 1.54) is 0 Å². The van der Waals surface area contributed by atoms with E-state index >= 15 is 0 Å². The zero-order chi connectivity index (χ0) is 18.1. The third kappa shape index (κ3) is 3.61. The fraction of sp³-hybridized carbons (Fsp3) is 0.158. The molecule has 4 rings (SSSR count). The summed E-state index contributed by atoms with van der Waals surface area (Å²) in [6, 6.07) is 12.9. The number of carbonyl (C=O) groups is 1. The minimum Gasteiger partial charge on any atom is -0.489 e. The second-order valence-corrected chi connectivity index (χ2v) is 7.73. The SMILES string of the molecule is O=C1/C(=C/c2cccc(OCc3ccc(Cl)cc3Cl)c2)N=C2SCCN12. The molecule has 0 N–H and O–H groups in total. The molecule has 0 radical (unpaired) electrons. The molecule has 0 atom stereocenters. The van der Waals surface area contributed by atoms with Crippen molar-refractivity contribution in [2.45, 2.75) is 6.61 Å². The van der Waals surface area contributed by atoms with E-state index in [0.717, 1.165) is 28.6 Å². The highest BCUT2D eigenvalue weighted by atomic mass is 35.5. The van der Waals surface area contributed by atoms with E-state index in [2.05, 4.69) is 4.99 Å². The average molecular weight is 405 g/mol. The Morgan fingerprint density at radius 1 is 1.23 bits per heavy atom. The molecule has 132 valence electrons. The van der Waals surface area contributed by atoms with Crippen molar-refractivity contribution in [1.82, 2.24) is 4.90 Å². The summed E-state index contributed by atoms with van der Waals surface area (Å²) in [6.07, 6.45) is 1.79. The minimum absolute atomic E-state index is 0.0377. The largest absolute Gasteiger partial charge is 0.489 e. The van der Waals surface area contributed by atoms with Gasteiger partial charge in [-0.2, -0.15) is 0 Å². The molecule has 4 nitrogen and oxygen atoms in total. The van der Waals surface area contributed by atoms with Crippen LogP contribution in [0.4, 0.5) is 0 Å². The number of hydrogen-bond acceptors (Lipinski definition) is 4. The van der Waals surface area contributed by atoms with Crippen LogP contribution in [-0.4, -0.2) is 28.3 Å². The Morgan fingerprint density at radius 2 is 2.12 bits per heavy atom. The Bertz CT molecular complexity index is 943. The predicted molar refractivity (Wildman–Crippen MR) is 107 cm³/mol. The van der Waals surface area contributed by atoms with E-state index < -0.39 is 0 Å². The van der Waals surface area contributed by atoms with Gasteiger partial charge in [0.05, 0.1) is 0 Å². The molecule has 26 heavy (non-hydrogen) atoms. The van der Waals surface area contributed by atoms with E-state index in [-0.39, 0.29) is 5.91 Å². The Morgan fingerprint density at radius 3 is 2.92 bits per heavy atom. The van der Waals surface area contributed by atoms with Gasteiger partial charge in [0.25, 0.3) is 5.91 Å². The number of ether oxygens (including phenoxy) is 1. The third-order valence-corrected chi connectivity index (χ3v) is 5.57. The van der Waals surface area contributed by atoms with Crippen molar-refractivity contribution in [3.05, 3.63) is 69.3 Å². The molecular formula is C19H14Cl2N2O2S. The first-order valence-corrected chi connectivity index (χ1v) is 9.76. The molecule has 2 aromatic carbocycles. The fourth-order valence-electron chi connectivity index (χ4n) is 2.72. The molecule has 0 aliphatic carbocycles. The van der Waals surface area contributed by atoms with Crippen LogP contribution < -0.4 is 4.74 Å². The molecule has 1 amide bonds. The van der Waals surface area contributed by atoms with Gasteiger partial charge in [-0.05, 0) is 35.9 Å². The Hall–Kier alpha value is -1.95. The summed E-state index contributed by atoms with van der Waals surface area (Å²) in [7, 11) is 0. The zero-order valence-corrected chi connectivity index (χ0v) is 15.9. The Balaban J connectivity index is 1.49. The van der Waals surface area contributed by atoms with Gasteiger partial charge in [0.15, 0.2) is 5.17 Å². The average Bonchev–Trinajstić information content (AvgIpc) is 3.18. The first-order valence-electron chi connectivity index (χ1n) is 8.02. The quantitative estimate of drug-likeness (QED) is 0.683. The van der Waals surface area contributed by atoms with Crippen molar-refractivity contribution in [2.75, 3.05) is 12.3 Å². The molecule has 1 fully saturated rings. The van der Waals surface area contributed by atoms with Crippen molar-refractivity contribution in [3.8, 4) is 5.75 Å². The lowest BCUT2D eigenvalue weighted by Crippen LogP contribution is -2.26. The van der Waals surface area contributed by atoms with Gasteiger partial charge in [-0.15, -0.1) is 0 Å². The molecule has 2 aliphatic heterocycles. The summed E-state index contributed by atoms with van der Waals surface area (Å²) < 4.78 is 5.83. The molecule has 7 heteroatoms. The van der Waals surface area contributed by atoms with Crippen molar-refractivity contribution in [3.63, 3.8) is 0 Å². The van der Waals surface area contributed by atoms with E-state index in [4.69, 9.17) is 27.9 Å². The number of nitrogens with zero attached hydrogens (tertiary/aromatic N) is 2. The van der Waals surface area contributed by atoms with Gasteiger partial charge in [0.1, 0.15) is 18.1 Å². The van der Waals surface area contributed by atoms with Crippen LogP contribution in [-0.2, 0) is 11.4 Å². The maximum absolute atomic E-state index is 12.3. The summed E-state index contributed by atoms with van der Waals surface area (Å²) in [5.74, 6) is 1.57. The number of carbonyl (C=O) groups excluding carboxylic acids is 1. The van der Waals surface area contributed by atoms with Gasteiger partial charge in [-0.3, -0.25) is 9.69 Å². The normalized spacial score (nSPS) is 17.6. The summed E-state index contributed by atoms with van der Waals surface area (Å²) in [5, 5.41) is 1.96. The van der Waals surface area contributed by atoms with Gasteiger partial charge >= 0.3 is 0 Å². The highest BCUT2D eigenvalue weighted by Crippen LogP contribution is 2.29. The molecule has 1 saturated heterocycles. The van der Waals surface area contributed by atoms with Crippen molar-refractivity contribution in [2.24, 2.45) is 4.99 Å². The van der Waals surface area contributed by atoms with Gasteiger partial charge in [0, 0.05) is 27.9 Å². The summed E-state index contributed by atoms with van der Waals surface area (Å²) in [5.41, 5.74) is 2.18. The molecule has 2 aromatic rings. The number of amides is 1. The van der Waals surface area contributed by atoms with Crippen LogP contribution in [0.25, 0.3) is 6.08 Å². The Labute approximate surface area is 165 Å². The molecule has 0 bridgehead atoms. The standard InChI is InChI=1S/C19H14Cl2N2O2S/c20-14-5-4-13(16(21)10-14)11-25-15-3-1-2-12(8-15)9-17-18(24)23-6-7-26-19(23)22-17/h1-5,8-10H,6-7,11H2/b17-9-. The topological polar surface area (TPSA) is 41.9 Å². The van der Waals surface area contributed by atoms with Crippen LogP contribution in [0, 0.1) is 0 Å². The second kappa shape index (κ2) is 7.35. The number of halogens is 2. The first kappa shape index (κ1) is 17.5. The van der Waals surface area contributed by atoms with Crippen molar-refractivity contribution in [1.29, 1.82) is 0 Å². The maximum atomic E-state index is 12.3. The van der Waals surface area contributed by atoms with E-state index in [1.807, 2.05) is 30.3 Å². The fourth-order valence-corrected chi connectivity index (χ4v) is 4.13. The van der Waals surface area contributed by atoms with Gasteiger partial charge in [-0.25, -0.2) is 4.99 Å². The summed E-state index contributed by atoms with van der Waals surface area (Å²) in [4.78, 5) is 18.5. The maximum Gasteiger partial charge on any atom is 0.278 e. The number of benzene rings is 2. The minimum atomic E-state index is -0.0377. The number of rotatable bonds is 4. The number of fused-ring (bicyclic) bond motifs is 1. The third-order valence-electron chi connectivity index (χ3n) is 4.03. The molecule has 0 aromatic heterocycles. The van der Waals surface area contributed by atoms with Crippen molar-refractivity contribution >= 4 is 52.1 Å². The molecule has 0 unspecified atom stereocenters. The molecule has 0 spiro atoms. The van der Waals surface area contributed by atoms with Crippen molar-refractivity contribution < 1.29 is 9.53 Å². The zero-order valence-electron chi connectivity index (χ0n) is 13.6. The predicted octanol–water partition coefficient (Wildman–Crippen LogP) is 4.86. The van der Waals surface area contributed by atoms with Gasteiger partial charge in [0.2, 0.25) is 0 Å². The lowest BCUT2D eigenvalue weighted by molar-refractivity contribution is -0.122. The van der Waals surface area contributed by atoms with Gasteiger partial charge in [-0.1, -0.05) is 53.2 Å². The first-order chi connectivity index (χ1) is 12.6. The van der Waals surface area contributed by atoms with Crippen LogP contribution in [0.5, 0.6) is 5.75 Å². The number of amidine groups is 1. The molecule has 0 saturated carbocycles. The second-order valence-electron chi connectivity index (χ2n) is 5.83. The van der Waals surface area contributed by atoms with Crippen LogP contribution in [0.3, 0.4) is 0 Å². The Kier molecular flexibility index (Phi) is 4.94. The highest BCUT2D eigenvalue weighted by molar-refractivity contribution is 8.14. The molecule has 2 heterocycles. The van der Waals surface area contributed by atoms with E-state index in [0.29, 0.717) is 28.1 Å². The molecular weight excluding hydrogens is 391 g/mol. The number of thioether (sulfide) groups is 1. The van der Waals surface area contributed by atoms with Crippen LogP contribution in [0.1, 0.15) is 11.1 Å². The number of hydrogen-bond donors (Lipinski definition) is 0. The highest BCUT2D eigenvalue weighted by Gasteiger charge is 2.33. The van der Waals surface area contributed by atoms with Crippen LogP contribution in [0.15, 0.2) is 53.2 Å². The number of aliphatic imine (C=N–C) groups is 1. The molecule has 2 aliphatic rings. The lowest BCUT2D eigenvalue weighted by Gasteiger charge is -2.09.